The fourth-order valence-corrected chi connectivity index (χ4v) is 3.81. The average molecular weight is 408 g/mol. The first kappa shape index (κ1) is 19.7. The normalized spacial score (nSPS) is 17.6. The van der Waals surface area contributed by atoms with Gasteiger partial charge in [0, 0.05) is 10.6 Å². The molecule has 2 amide bonds. The van der Waals surface area contributed by atoms with E-state index in [1.54, 1.807) is 18.2 Å². The van der Waals surface area contributed by atoms with Gasteiger partial charge in [-0.25, -0.2) is 0 Å². The molecule has 8 heteroatoms. The van der Waals surface area contributed by atoms with E-state index in [1.807, 2.05) is 30.3 Å². The number of ether oxygens (including phenoxy) is 2. The first-order chi connectivity index (χ1) is 13.1. The SMILES string of the molecule is O=C1NC(=O)C(Cc2ccc(OC[C@@H](OCO)c3ccccc3Cl)cc2)S1. The van der Waals surface area contributed by atoms with Crippen molar-refractivity contribution in [2.45, 2.75) is 17.8 Å². The molecular formula is C19H18ClNO5S. The molecule has 1 saturated heterocycles. The summed E-state index contributed by atoms with van der Waals surface area (Å²) in [5.74, 6) is 0.367. The van der Waals surface area contributed by atoms with Gasteiger partial charge >= 0.3 is 0 Å². The molecule has 0 bridgehead atoms. The predicted molar refractivity (Wildman–Crippen MR) is 103 cm³/mol. The van der Waals surface area contributed by atoms with E-state index < -0.39 is 18.1 Å². The summed E-state index contributed by atoms with van der Waals surface area (Å²) in [6, 6.07) is 14.5. The van der Waals surface area contributed by atoms with Gasteiger partial charge in [-0.3, -0.25) is 14.9 Å². The molecule has 1 aliphatic heterocycles. The number of rotatable bonds is 8. The number of carbonyl (C=O) groups is 2. The van der Waals surface area contributed by atoms with Gasteiger partial charge in [-0.15, -0.1) is 0 Å². The van der Waals surface area contributed by atoms with Crippen molar-refractivity contribution in [3.63, 3.8) is 0 Å². The minimum Gasteiger partial charge on any atom is -0.491 e. The van der Waals surface area contributed by atoms with Crippen molar-refractivity contribution in [3.05, 3.63) is 64.7 Å². The zero-order chi connectivity index (χ0) is 19.2. The lowest BCUT2D eigenvalue weighted by Gasteiger charge is -2.19. The lowest BCUT2D eigenvalue weighted by molar-refractivity contribution is -0.118. The Hall–Kier alpha value is -2.06. The maximum Gasteiger partial charge on any atom is 0.286 e. The Morgan fingerprint density at radius 3 is 2.52 bits per heavy atom. The van der Waals surface area contributed by atoms with Crippen LogP contribution in [0.5, 0.6) is 5.75 Å². The van der Waals surface area contributed by atoms with E-state index in [4.69, 9.17) is 26.2 Å². The highest BCUT2D eigenvalue weighted by Crippen LogP contribution is 2.27. The zero-order valence-corrected chi connectivity index (χ0v) is 15.8. The number of nitrogens with one attached hydrogen (secondary N) is 1. The number of carbonyl (C=O) groups excluding carboxylic acids is 2. The van der Waals surface area contributed by atoms with E-state index in [-0.39, 0.29) is 17.8 Å². The quantitative estimate of drug-likeness (QED) is 0.653. The van der Waals surface area contributed by atoms with Gasteiger partial charge in [-0.1, -0.05) is 53.7 Å². The van der Waals surface area contributed by atoms with Gasteiger partial charge < -0.3 is 14.6 Å². The van der Waals surface area contributed by atoms with E-state index in [2.05, 4.69) is 5.32 Å². The van der Waals surface area contributed by atoms with Crippen LogP contribution in [0.4, 0.5) is 4.79 Å². The standard InChI is InChI=1S/C19H18ClNO5S/c20-15-4-2-1-3-14(15)16(26-11-22)10-25-13-7-5-12(6-8-13)9-17-18(23)21-19(24)27-17/h1-8,16-17,22H,9-11H2,(H,21,23,24)/t16-,17?/m1/s1. The van der Waals surface area contributed by atoms with Crippen LogP contribution in [0.15, 0.2) is 48.5 Å². The number of hydrogen-bond donors (Lipinski definition) is 2. The van der Waals surface area contributed by atoms with Crippen molar-refractivity contribution in [2.75, 3.05) is 13.4 Å². The summed E-state index contributed by atoms with van der Waals surface area (Å²) < 4.78 is 11.1. The van der Waals surface area contributed by atoms with Crippen LogP contribution in [0.1, 0.15) is 17.2 Å². The summed E-state index contributed by atoms with van der Waals surface area (Å²) in [7, 11) is 0. The number of aliphatic hydroxyl groups is 1. The fourth-order valence-electron chi connectivity index (χ4n) is 2.69. The third-order valence-electron chi connectivity index (χ3n) is 4.04. The lowest BCUT2D eigenvalue weighted by Crippen LogP contribution is -2.25. The van der Waals surface area contributed by atoms with Crippen LogP contribution < -0.4 is 10.1 Å². The minimum atomic E-state index is -0.507. The summed E-state index contributed by atoms with van der Waals surface area (Å²) in [5, 5.41) is 11.2. The van der Waals surface area contributed by atoms with E-state index in [9.17, 15) is 9.59 Å². The molecule has 1 unspecified atom stereocenters. The second kappa shape index (κ2) is 9.23. The average Bonchev–Trinajstić information content (AvgIpc) is 2.97. The number of aliphatic hydroxyl groups excluding tert-OH is 1. The van der Waals surface area contributed by atoms with Gasteiger partial charge in [-0.2, -0.15) is 0 Å². The lowest BCUT2D eigenvalue weighted by atomic mass is 10.1. The van der Waals surface area contributed by atoms with Crippen LogP contribution in [0.2, 0.25) is 5.02 Å². The summed E-state index contributed by atoms with van der Waals surface area (Å²) in [6.07, 6.45) is -0.0359. The third kappa shape index (κ3) is 5.23. The summed E-state index contributed by atoms with van der Waals surface area (Å²) in [6.45, 7) is -0.267. The highest BCUT2D eigenvalue weighted by Gasteiger charge is 2.31. The van der Waals surface area contributed by atoms with Gasteiger partial charge in [0.15, 0.2) is 0 Å². The number of imide groups is 1. The monoisotopic (exact) mass is 407 g/mol. The Morgan fingerprint density at radius 2 is 1.89 bits per heavy atom. The predicted octanol–water partition coefficient (Wildman–Crippen LogP) is 3.32. The molecule has 0 saturated carbocycles. The van der Waals surface area contributed by atoms with E-state index >= 15 is 0 Å². The fraction of sp³-hybridized carbons (Fsp3) is 0.263. The summed E-state index contributed by atoms with van der Waals surface area (Å²) >= 11 is 7.19. The smallest absolute Gasteiger partial charge is 0.286 e. The molecule has 1 aliphatic rings. The zero-order valence-electron chi connectivity index (χ0n) is 14.3. The second-order valence-electron chi connectivity index (χ2n) is 5.85. The highest BCUT2D eigenvalue weighted by molar-refractivity contribution is 8.15. The van der Waals surface area contributed by atoms with Crippen molar-refractivity contribution in [1.82, 2.24) is 5.32 Å². The van der Waals surface area contributed by atoms with Gasteiger partial charge in [0.05, 0.1) is 5.25 Å². The van der Waals surface area contributed by atoms with Crippen LogP contribution in [0.3, 0.4) is 0 Å². The van der Waals surface area contributed by atoms with Crippen LogP contribution in [0, 0.1) is 0 Å². The molecule has 0 aromatic heterocycles. The van der Waals surface area contributed by atoms with Crippen molar-refractivity contribution in [2.24, 2.45) is 0 Å². The van der Waals surface area contributed by atoms with E-state index in [0.717, 1.165) is 22.9 Å². The molecule has 27 heavy (non-hydrogen) atoms. The van der Waals surface area contributed by atoms with Crippen LogP contribution in [-0.2, 0) is 16.0 Å². The Morgan fingerprint density at radius 1 is 1.15 bits per heavy atom. The van der Waals surface area contributed by atoms with E-state index in [1.165, 1.54) is 0 Å². The third-order valence-corrected chi connectivity index (χ3v) is 5.37. The molecule has 1 fully saturated rings. The van der Waals surface area contributed by atoms with Gasteiger partial charge in [0.25, 0.3) is 5.24 Å². The highest BCUT2D eigenvalue weighted by atomic mass is 35.5. The van der Waals surface area contributed by atoms with Gasteiger partial charge in [0.2, 0.25) is 5.91 Å². The molecule has 0 aliphatic carbocycles. The van der Waals surface area contributed by atoms with Crippen molar-refractivity contribution in [1.29, 1.82) is 0 Å². The van der Waals surface area contributed by atoms with Crippen molar-refractivity contribution < 1.29 is 24.2 Å². The second-order valence-corrected chi connectivity index (χ2v) is 7.43. The number of thioether (sulfide) groups is 1. The molecule has 2 aromatic carbocycles. The minimum absolute atomic E-state index is 0.180. The molecule has 0 radical (unpaired) electrons. The van der Waals surface area contributed by atoms with Crippen LogP contribution >= 0.6 is 23.4 Å². The molecule has 2 N–H and O–H groups in total. The molecule has 3 rings (SSSR count). The maximum absolute atomic E-state index is 11.6. The molecule has 2 aromatic rings. The molecule has 142 valence electrons. The van der Waals surface area contributed by atoms with Crippen molar-refractivity contribution in [3.8, 4) is 5.75 Å². The summed E-state index contributed by atoms with van der Waals surface area (Å²) in [5.41, 5.74) is 1.66. The first-order valence-electron chi connectivity index (χ1n) is 8.27. The number of hydrogen-bond acceptors (Lipinski definition) is 6. The Labute approximate surface area is 165 Å². The molecule has 1 heterocycles. The number of amides is 2. The van der Waals surface area contributed by atoms with Crippen LogP contribution in [0.25, 0.3) is 0 Å². The molecule has 0 spiro atoms. The topological polar surface area (TPSA) is 84.9 Å². The van der Waals surface area contributed by atoms with Gasteiger partial charge in [-0.05, 0) is 30.2 Å². The number of halogens is 1. The Bertz CT molecular complexity index is 814. The number of benzene rings is 2. The van der Waals surface area contributed by atoms with Crippen molar-refractivity contribution >= 4 is 34.5 Å². The molecular weight excluding hydrogens is 390 g/mol. The maximum atomic E-state index is 11.6. The largest absolute Gasteiger partial charge is 0.491 e. The Balaban J connectivity index is 1.59. The summed E-state index contributed by atoms with van der Waals surface area (Å²) in [4.78, 5) is 22.9. The first-order valence-corrected chi connectivity index (χ1v) is 9.52. The Kier molecular flexibility index (Phi) is 6.73. The van der Waals surface area contributed by atoms with Gasteiger partial charge in [0.1, 0.15) is 25.3 Å². The molecule has 2 atom stereocenters. The molecule has 6 nitrogen and oxygen atoms in total. The van der Waals surface area contributed by atoms with Crippen LogP contribution in [-0.4, -0.2) is 34.9 Å². The van der Waals surface area contributed by atoms with E-state index in [0.29, 0.717) is 17.2 Å².